The molecule has 1 fully saturated rings. The second kappa shape index (κ2) is 6.96. The molecule has 1 saturated heterocycles. The topological polar surface area (TPSA) is 59.2 Å². The van der Waals surface area contributed by atoms with Gasteiger partial charge in [0.15, 0.2) is 0 Å². The van der Waals surface area contributed by atoms with Crippen LogP contribution in [0.3, 0.4) is 0 Å². The van der Waals surface area contributed by atoms with E-state index >= 15 is 0 Å². The fourth-order valence-corrected chi connectivity index (χ4v) is 3.63. The van der Waals surface area contributed by atoms with Crippen molar-refractivity contribution in [2.24, 2.45) is 0 Å². The molecule has 0 saturated carbocycles. The van der Waals surface area contributed by atoms with Crippen molar-refractivity contribution in [3.8, 4) is 11.4 Å². The van der Waals surface area contributed by atoms with Crippen molar-refractivity contribution in [2.45, 2.75) is 24.2 Å². The minimum Gasteiger partial charge on any atom is -0.339 e. The molecule has 4 rings (SSSR count). The van der Waals surface area contributed by atoms with Crippen molar-refractivity contribution in [3.05, 3.63) is 60.0 Å². The van der Waals surface area contributed by atoms with Gasteiger partial charge in [0.25, 0.3) is 0 Å². The van der Waals surface area contributed by atoms with Crippen LogP contribution in [-0.4, -0.2) is 28.8 Å². The summed E-state index contributed by atoms with van der Waals surface area (Å²) in [5.41, 5.74) is 2.96. The maximum atomic E-state index is 12.5. The van der Waals surface area contributed by atoms with E-state index in [1.54, 1.807) is 16.7 Å². The van der Waals surface area contributed by atoms with Crippen LogP contribution in [-0.2, 0) is 4.79 Å². The van der Waals surface area contributed by atoms with Gasteiger partial charge in [0.05, 0.1) is 5.92 Å². The Balaban J connectivity index is 1.55. The number of carbonyl (C=O) groups is 1. The number of carbonyl (C=O) groups excluding carboxylic acids is 1. The number of hydrogen-bond donors (Lipinski definition) is 0. The predicted octanol–water partition coefficient (Wildman–Crippen LogP) is 4.29. The van der Waals surface area contributed by atoms with E-state index in [0.29, 0.717) is 24.7 Å². The number of benzene rings is 2. The van der Waals surface area contributed by atoms with Crippen molar-refractivity contribution in [1.82, 2.24) is 10.1 Å². The molecule has 0 N–H and O–H groups in total. The molecule has 5 nitrogen and oxygen atoms in total. The average molecular weight is 365 g/mol. The molecule has 1 unspecified atom stereocenters. The molecule has 2 aromatic carbocycles. The van der Waals surface area contributed by atoms with Gasteiger partial charge >= 0.3 is 0 Å². The molecule has 0 spiro atoms. The Morgan fingerprint density at radius 3 is 2.65 bits per heavy atom. The Bertz CT molecular complexity index is 936. The lowest BCUT2D eigenvalue weighted by Crippen LogP contribution is -2.24. The van der Waals surface area contributed by atoms with Crippen LogP contribution in [0.1, 0.15) is 23.8 Å². The first-order valence-electron chi connectivity index (χ1n) is 8.49. The van der Waals surface area contributed by atoms with Crippen LogP contribution >= 0.6 is 11.8 Å². The van der Waals surface area contributed by atoms with Gasteiger partial charge in [0.1, 0.15) is 0 Å². The summed E-state index contributed by atoms with van der Waals surface area (Å²) >= 11 is 1.68. The molecular weight excluding hydrogens is 346 g/mol. The number of thioether (sulfide) groups is 1. The molecule has 0 aliphatic carbocycles. The predicted molar refractivity (Wildman–Crippen MR) is 102 cm³/mol. The first-order chi connectivity index (χ1) is 12.7. The largest absolute Gasteiger partial charge is 0.339 e. The Morgan fingerprint density at radius 1 is 1.15 bits per heavy atom. The summed E-state index contributed by atoms with van der Waals surface area (Å²) < 4.78 is 5.48. The van der Waals surface area contributed by atoms with Crippen molar-refractivity contribution < 1.29 is 9.32 Å². The van der Waals surface area contributed by atoms with Crippen LogP contribution in [0.4, 0.5) is 5.69 Å². The third-order valence-electron chi connectivity index (χ3n) is 4.69. The minimum absolute atomic E-state index is 0.0759. The van der Waals surface area contributed by atoms with Crippen molar-refractivity contribution in [2.75, 3.05) is 17.7 Å². The summed E-state index contributed by atoms with van der Waals surface area (Å²) in [4.78, 5) is 20.0. The molecule has 0 bridgehead atoms. The van der Waals surface area contributed by atoms with E-state index in [0.717, 1.165) is 16.8 Å². The molecule has 0 radical (unpaired) electrons. The second-order valence-corrected chi connectivity index (χ2v) is 7.25. The normalized spacial score (nSPS) is 17.1. The minimum atomic E-state index is -0.0759. The Morgan fingerprint density at radius 2 is 1.92 bits per heavy atom. The van der Waals surface area contributed by atoms with Gasteiger partial charge in [-0.25, -0.2) is 0 Å². The maximum absolute atomic E-state index is 12.5. The Labute approximate surface area is 156 Å². The highest BCUT2D eigenvalue weighted by Crippen LogP contribution is 2.33. The summed E-state index contributed by atoms with van der Waals surface area (Å²) in [6.07, 6.45) is 2.42. The van der Waals surface area contributed by atoms with Gasteiger partial charge in [-0.05, 0) is 43.0 Å². The third-order valence-corrected chi connectivity index (χ3v) is 5.43. The fraction of sp³-hybridized carbons (Fsp3) is 0.250. The lowest BCUT2D eigenvalue weighted by atomic mass is 10.1. The van der Waals surface area contributed by atoms with Crippen LogP contribution < -0.4 is 4.90 Å². The first kappa shape index (κ1) is 16.8. The second-order valence-electron chi connectivity index (χ2n) is 6.37. The summed E-state index contributed by atoms with van der Waals surface area (Å²) in [5, 5.41) is 4.12. The lowest BCUT2D eigenvalue weighted by molar-refractivity contribution is -0.117. The number of anilines is 1. The van der Waals surface area contributed by atoms with Gasteiger partial charge < -0.3 is 9.42 Å². The van der Waals surface area contributed by atoms with Crippen LogP contribution in [0.15, 0.2) is 57.9 Å². The summed E-state index contributed by atoms with van der Waals surface area (Å²) in [7, 11) is 0. The van der Waals surface area contributed by atoms with Gasteiger partial charge in [-0.2, -0.15) is 4.98 Å². The quantitative estimate of drug-likeness (QED) is 0.646. The molecule has 1 amide bonds. The number of amides is 1. The maximum Gasteiger partial charge on any atom is 0.232 e. The van der Waals surface area contributed by atoms with Gasteiger partial charge in [-0.3, -0.25) is 4.79 Å². The third kappa shape index (κ3) is 3.12. The van der Waals surface area contributed by atoms with Crippen molar-refractivity contribution in [3.63, 3.8) is 0 Å². The van der Waals surface area contributed by atoms with E-state index in [4.69, 9.17) is 4.52 Å². The molecule has 1 aliphatic heterocycles. The van der Waals surface area contributed by atoms with E-state index in [1.165, 1.54) is 4.90 Å². The summed E-state index contributed by atoms with van der Waals surface area (Å²) in [6.45, 7) is 2.58. The standard InChI is InChI=1S/C20H19N3O2S/c1-13-5-3-4-6-17(13)19-21-20(25-22-19)14-11-18(24)23(12-14)15-7-9-16(26-2)10-8-15/h3-10,14H,11-12H2,1-2H3. The number of aromatic nitrogens is 2. The number of rotatable bonds is 4. The molecule has 6 heteroatoms. The van der Waals surface area contributed by atoms with E-state index in [2.05, 4.69) is 10.1 Å². The highest BCUT2D eigenvalue weighted by atomic mass is 32.2. The lowest BCUT2D eigenvalue weighted by Gasteiger charge is -2.16. The zero-order chi connectivity index (χ0) is 18.1. The van der Waals surface area contributed by atoms with E-state index in [1.807, 2.05) is 61.7 Å². The highest BCUT2D eigenvalue weighted by Gasteiger charge is 2.35. The van der Waals surface area contributed by atoms with Crippen molar-refractivity contribution >= 4 is 23.4 Å². The summed E-state index contributed by atoms with van der Waals surface area (Å²) in [5.74, 6) is 1.11. The molecule has 1 aromatic heterocycles. The highest BCUT2D eigenvalue weighted by molar-refractivity contribution is 7.98. The average Bonchev–Trinajstić information content (AvgIpc) is 3.29. The molecule has 26 heavy (non-hydrogen) atoms. The van der Waals surface area contributed by atoms with E-state index < -0.39 is 0 Å². The number of nitrogens with zero attached hydrogens (tertiary/aromatic N) is 3. The molecule has 2 heterocycles. The van der Waals surface area contributed by atoms with Crippen LogP contribution in [0.25, 0.3) is 11.4 Å². The van der Waals surface area contributed by atoms with Gasteiger partial charge in [-0.1, -0.05) is 29.4 Å². The molecular formula is C20H19N3O2S. The summed E-state index contributed by atoms with van der Waals surface area (Å²) in [6, 6.07) is 16.0. The van der Waals surface area contributed by atoms with Crippen LogP contribution in [0, 0.1) is 6.92 Å². The SMILES string of the molecule is CSc1ccc(N2CC(c3nc(-c4ccccc4C)no3)CC2=O)cc1. The number of aryl methyl sites for hydroxylation is 1. The van der Waals surface area contributed by atoms with Crippen LogP contribution in [0.2, 0.25) is 0 Å². The van der Waals surface area contributed by atoms with Gasteiger partial charge in [0, 0.05) is 29.1 Å². The molecule has 132 valence electrons. The van der Waals surface area contributed by atoms with E-state index in [9.17, 15) is 4.79 Å². The first-order valence-corrected chi connectivity index (χ1v) is 9.72. The number of hydrogen-bond acceptors (Lipinski definition) is 5. The fourth-order valence-electron chi connectivity index (χ4n) is 3.22. The van der Waals surface area contributed by atoms with Gasteiger partial charge in [0.2, 0.25) is 17.6 Å². The monoisotopic (exact) mass is 365 g/mol. The molecule has 1 aliphatic rings. The molecule has 3 aromatic rings. The van der Waals surface area contributed by atoms with Gasteiger partial charge in [-0.15, -0.1) is 11.8 Å². The zero-order valence-corrected chi connectivity index (χ0v) is 15.5. The van der Waals surface area contributed by atoms with Crippen molar-refractivity contribution in [1.29, 1.82) is 0 Å². The van der Waals surface area contributed by atoms with E-state index in [-0.39, 0.29) is 11.8 Å². The Kier molecular flexibility index (Phi) is 4.51. The smallest absolute Gasteiger partial charge is 0.232 e. The molecule has 1 atom stereocenters. The Hall–Kier alpha value is -2.60. The zero-order valence-electron chi connectivity index (χ0n) is 14.7. The van der Waals surface area contributed by atoms with Crippen LogP contribution in [0.5, 0.6) is 0 Å².